The summed E-state index contributed by atoms with van der Waals surface area (Å²) in [5, 5.41) is 9.72. The summed E-state index contributed by atoms with van der Waals surface area (Å²) >= 11 is 1.74. The van der Waals surface area contributed by atoms with E-state index in [9.17, 15) is 0 Å². The maximum absolute atomic E-state index is 4.61. The molecule has 1 aromatic heterocycles. The molecule has 1 heterocycles. The number of hydrogen-bond acceptors (Lipinski definition) is 3. The van der Waals surface area contributed by atoms with Crippen molar-refractivity contribution in [2.24, 2.45) is 4.99 Å². The third-order valence-electron chi connectivity index (χ3n) is 2.46. The molecule has 0 saturated carbocycles. The molecule has 0 fully saturated rings. The molecule has 0 saturated heterocycles. The Hall–Kier alpha value is -1.36. The molecular weight excluding hydrogens is 256 g/mol. The molecule has 0 bridgehead atoms. The number of hydrogen-bond donors (Lipinski definition) is 2. The van der Waals surface area contributed by atoms with Crippen molar-refractivity contribution in [2.45, 2.75) is 33.1 Å². The average molecular weight is 280 g/mol. The Morgan fingerprint density at radius 1 is 1.53 bits per heavy atom. The lowest BCUT2D eigenvalue weighted by molar-refractivity contribution is 0.821. The molecule has 1 rings (SSSR count). The molecule has 0 aliphatic carbocycles. The molecular formula is C14H24N4S. The van der Waals surface area contributed by atoms with Crippen LogP contribution in [0.1, 0.15) is 37.4 Å². The summed E-state index contributed by atoms with van der Waals surface area (Å²) in [6, 6.07) is 0. The Morgan fingerprint density at radius 2 is 2.32 bits per heavy atom. The number of aliphatic imine (C=N–C) groups is 1. The molecule has 0 unspecified atom stereocenters. The third-order valence-corrected chi connectivity index (χ3v) is 3.65. The first kappa shape index (κ1) is 15.7. The first-order valence-electron chi connectivity index (χ1n) is 6.74. The number of rotatable bonds is 7. The van der Waals surface area contributed by atoms with Crippen LogP contribution in [0.3, 0.4) is 0 Å². The summed E-state index contributed by atoms with van der Waals surface area (Å²) in [7, 11) is 0. The predicted octanol–water partition coefficient (Wildman–Crippen LogP) is 2.55. The second kappa shape index (κ2) is 8.69. The molecule has 2 N–H and O–H groups in total. The van der Waals surface area contributed by atoms with Gasteiger partial charge in [0, 0.05) is 37.4 Å². The normalized spacial score (nSPS) is 11.7. The molecule has 0 radical (unpaired) electrons. The van der Waals surface area contributed by atoms with Crippen LogP contribution < -0.4 is 10.6 Å². The van der Waals surface area contributed by atoms with E-state index < -0.39 is 0 Å². The quantitative estimate of drug-likeness (QED) is 0.458. The number of nitrogens with zero attached hydrogens (tertiary/aromatic N) is 2. The van der Waals surface area contributed by atoms with E-state index in [0.717, 1.165) is 37.7 Å². The average Bonchev–Trinajstić information content (AvgIpc) is 2.85. The van der Waals surface area contributed by atoms with Crippen molar-refractivity contribution < 1.29 is 0 Å². The lowest BCUT2D eigenvalue weighted by atomic mass is 10.2. The maximum Gasteiger partial charge on any atom is 0.191 e. The van der Waals surface area contributed by atoms with Crippen LogP contribution in [0.5, 0.6) is 0 Å². The number of aromatic nitrogens is 1. The van der Waals surface area contributed by atoms with Crippen molar-refractivity contribution in [3.05, 3.63) is 28.7 Å². The van der Waals surface area contributed by atoms with Gasteiger partial charge in [-0.25, -0.2) is 4.98 Å². The van der Waals surface area contributed by atoms with Crippen molar-refractivity contribution in [1.29, 1.82) is 0 Å². The van der Waals surface area contributed by atoms with Crippen molar-refractivity contribution in [1.82, 2.24) is 15.6 Å². The first-order valence-corrected chi connectivity index (χ1v) is 7.62. The first-order chi connectivity index (χ1) is 9.17. The van der Waals surface area contributed by atoms with Crippen LogP contribution in [0, 0.1) is 0 Å². The molecule has 0 aromatic carbocycles. The summed E-state index contributed by atoms with van der Waals surface area (Å²) in [6.45, 7) is 12.4. The maximum atomic E-state index is 4.61. The highest BCUT2D eigenvalue weighted by molar-refractivity contribution is 7.09. The van der Waals surface area contributed by atoms with Crippen LogP contribution in [-0.4, -0.2) is 30.6 Å². The second-order valence-corrected chi connectivity index (χ2v) is 5.40. The predicted molar refractivity (Wildman–Crippen MR) is 84.1 cm³/mol. The van der Waals surface area contributed by atoms with Crippen molar-refractivity contribution in [3.8, 4) is 0 Å². The fourth-order valence-corrected chi connectivity index (χ4v) is 2.36. The molecule has 5 heteroatoms. The minimum absolute atomic E-state index is 0.508. The summed E-state index contributed by atoms with van der Waals surface area (Å²) in [6.07, 6.45) is 2.70. The smallest absolute Gasteiger partial charge is 0.191 e. The van der Waals surface area contributed by atoms with Gasteiger partial charge in [0.15, 0.2) is 5.96 Å². The van der Waals surface area contributed by atoms with E-state index >= 15 is 0 Å². The molecule has 0 amide bonds. The van der Waals surface area contributed by atoms with E-state index in [-0.39, 0.29) is 0 Å². The van der Waals surface area contributed by atoms with Crippen molar-refractivity contribution >= 4 is 17.3 Å². The molecule has 0 atom stereocenters. The highest BCUT2D eigenvalue weighted by atomic mass is 32.1. The van der Waals surface area contributed by atoms with Gasteiger partial charge >= 0.3 is 0 Å². The van der Waals surface area contributed by atoms with Gasteiger partial charge in [-0.2, -0.15) is 0 Å². The number of thiazole rings is 1. The SMILES string of the molecule is C=CCNC(=NCCc1csc(C(C)C)n1)NCC. The van der Waals surface area contributed by atoms with E-state index in [1.165, 1.54) is 5.01 Å². The Kier molecular flexibility index (Phi) is 7.18. The van der Waals surface area contributed by atoms with E-state index in [0.29, 0.717) is 5.92 Å². The van der Waals surface area contributed by atoms with E-state index in [2.05, 4.69) is 53.3 Å². The fourth-order valence-electron chi connectivity index (χ4n) is 1.50. The van der Waals surface area contributed by atoms with Gasteiger partial charge in [0.1, 0.15) is 0 Å². The van der Waals surface area contributed by atoms with Gasteiger partial charge in [-0.3, -0.25) is 4.99 Å². The summed E-state index contributed by atoms with van der Waals surface area (Å²) < 4.78 is 0. The van der Waals surface area contributed by atoms with Gasteiger partial charge < -0.3 is 10.6 Å². The lowest BCUT2D eigenvalue weighted by Gasteiger charge is -2.08. The minimum Gasteiger partial charge on any atom is -0.357 e. The monoisotopic (exact) mass is 280 g/mol. The van der Waals surface area contributed by atoms with Crippen LogP contribution in [0.4, 0.5) is 0 Å². The Morgan fingerprint density at radius 3 is 2.89 bits per heavy atom. The number of guanidine groups is 1. The van der Waals surface area contributed by atoms with Gasteiger partial charge in [-0.05, 0) is 6.92 Å². The van der Waals surface area contributed by atoms with E-state index in [1.807, 2.05) is 6.08 Å². The van der Waals surface area contributed by atoms with Crippen LogP contribution >= 0.6 is 11.3 Å². The fraction of sp³-hybridized carbons (Fsp3) is 0.571. The zero-order chi connectivity index (χ0) is 14.1. The highest BCUT2D eigenvalue weighted by Gasteiger charge is 2.05. The van der Waals surface area contributed by atoms with Gasteiger partial charge in [-0.1, -0.05) is 19.9 Å². The topological polar surface area (TPSA) is 49.3 Å². The van der Waals surface area contributed by atoms with E-state index in [1.54, 1.807) is 11.3 Å². The Labute approximate surface area is 120 Å². The molecule has 1 aromatic rings. The zero-order valence-corrected chi connectivity index (χ0v) is 12.9. The van der Waals surface area contributed by atoms with Gasteiger partial charge in [0.2, 0.25) is 0 Å². The van der Waals surface area contributed by atoms with E-state index in [4.69, 9.17) is 0 Å². The van der Waals surface area contributed by atoms with Crippen LogP contribution in [0.15, 0.2) is 23.0 Å². The van der Waals surface area contributed by atoms with Gasteiger partial charge in [-0.15, -0.1) is 17.9 Å². The van der Waals surface area contributed by atoms with Crippen LogP contribution in [-0.2, 0) is 6.42 Å². The largest absolute Gasteiger partial charge is 0.357 e. The molecule has 106 valence electrons. The van der Waals surface area contributed by atoms with Crippen molar-refractivity contribution in [3.63, 3.8) is 0 Å². The molecule has 0 aliphatic rings. The third kappa shape index (κ3) is 5.87. The summed E-state index contributed by atoms with van der Waals surface area (Å²) in [4.78, 5) is 9.12. The standard InChI is InChI=1S/C14H24N4S/c1-5-8-16-14(15-6-2)17-9-7-12-10-19-13(18-12)11(3)4/h5,10-11H,1,6-9H2,2-4H3,(H2,15,16,17). The number of nitrogens with one attached hydrogen (secondary N) is 2. The molecule has 4 nitrogen and oxygen atoms in total. The highest BCUT2D eigenvalue weighted by Crippen LogP contribution is 2.19. The van der Waals surface area contributed by atoms with Crippen LogP contribution in [0.2, 0.25) is 0 Å². The Bertz CT molecular complexity index is 409. The summed E-state index contributed by atoms with van der Waals surface area (Å²) in [5.41, 5.74) is 1.14. The van der Waals surface area contributed by atoms with Crippen molar-refractivity contribution in [2.75, 3.05) is 19.6 Å². The Balaban J connectivity index is 2.46. The lowest BCUT2D eigenvalue weighted by Crippen LogP contribution is -2.37. The molecule has 0 spiro atoms. The molecule has 0 aliphatic heterocycles. The summed E-state index contributed by atoms with van der Waals surface area (Å²) in [5.74, 6) is 1.34. The van der Waals surface area contributed by atoms with Crippen LogP contribution in [0.25, 0.3) is 0 Å². The molecule has 19 heavy (non-hydrogen) atoms. The zero-order valence-electron chi connectivity index (χ0n) is 12.1. The minimum atomic E-state index is 0.508. The second-order valence-electron chi connectivity index (χ2n) is 4.51. The van der Waals surface area contributed by atoms with Gasteiger partial charge in [0.05, 0.1) is 10.7 Å². The van der Waals surface area contributed by atoms with Gasteiger partial charge in [0.25, 0.3) is 0 Å².